The van der Waals surface area contributed by atoms with E-state index in [4.69, 9.17) is 0 Å². The van der Waals surface area contributed by atoms with Crippen LogP contribution in [0.3, 0.4) is 0 Å². The van der Waals surface area contributed by atoms with Gasteiger partial charge in [-0.2, -0.15) is 8.78 Å². The molecule has 3 rings (SSSR count). The third-order valence-electron chi connectivity index (χ3n) is 3.62. The van der Waals surface area contributed by atoms with Gasteiger partial charge >= 0.3 is 6.61 Å². The zero-order valence-corrected chi connectivity index (χ0v) is 13.6. The fourth-order valence-corrected chi connectivity index (χ4v) is 3.81. The number of Topliss-reactive ketones (excluding diaryl/α,β-unsaturated/α-hetero) is 1. The summed E-state index contributed by atoms with van der Waals surface area (Å²) >= 11 is 1.42. The number of ketones is 1. The zero-order valence-electron chi connectivity index (χ0n) is 12.8. The van der Waals surface area contributed by atoms with E-state index >= 15 is 0 Å². The second-order valence-corrected chi connectivity index (χ2v) is 6.25. The molecular weight excluding hydrogens is 332 g/mol. The number of hydrogen-bond acceptors (Lipinski definition) is 4. The predicted molar refractivity (Wildman–Crippen MR) is 90.8 cm³/mol. The summed E-state index contributed by atoms with van der Waals surface area (Å²) in [6.07, 6.45) is 0. The number of allylic oxidation sites excluding steroid dienone is 1. The van der Waals surface area contributed by atoms with Gasteiger partial charge in [-0.05, 0) is 23.3 Å². The van der Waals surface area contributed by atoms with E-state index in [2.05, 4.69) is 10.1 Å². The number of ether oxygens (including phenoxy) is 1. The Morgan fingerprint density at radius 2 is 1.88 bits per heavy atom. The Kier molecular flexibility index (Phi) is 4.85. The van der Waals surface area contributed by atoms with Gasteiger partial charge in [0.05, 0.1) is 15.9 Å². The standard InChI is InChI=1S/C18H15F2NO2S/c1-21-17-14(12-8-5-9-13(10-12)23-18(19)20)15(22)16(24-17)11-6-3-2-4-7-11/h2-10,16,18,21H,1H3. The molecule has 1 aliphatic rings. The third-order valence-corrected chi connectivity index (χ3v) is 4.99. The van der Waals surface area contributed by atoms with Crippen molar-refractivity contribution in [2.24, 2.45) is 0 Å². The lowest BCUT2D eigenvalue weighted by Crippen LogP contribution is -2.08. The number of carbonyl (C=O) groups is 1. The van der Waals surface area contributed by atoms with Gasteiger partial charge in [0.25, 0.3) is 0 Å². The van der Waals surface area contributed by atoms with Crippen LogP contribution >= 0.6 is 11.8 Å². The Morgan fingerprint density at radius 3 is 2.54 bits per heavy atom. The largest absolute Gasteiger partial charge is 0.435 e. The number of hydrogen-bond donors (Lipinski definition) is 1. The van der Waals surface area contributed by atoms with Crippen LogP contribution in [0.15, 0.2) is 59.6 Å². The van der Waals surface area contributed by atoms with E-state index in [0.717, 1.165) is 10.6 Å². The van der Waals surface area contributed by atoms with Gasteiger partial charge < -0.3 is 10.1 Å². The second-order valence-electron chi connectivity index (χ2n) is 5.13. The van der Waals surface area contributed by atoms with Gasteiger partial charge in [-0.25, -0.2) is 0 Å². The van der Waals surface area contributed by atoms with Gasteiger partial charge in [0.1, 0.15) is 5.75 Å². The number of nitrogens with one attached hydrogen (secondary N) is 1. The number of carbonyl (C=O) groups excluding carboxylic acids is 1. The molecule has 1 N–H and O–H groups in total. The molecule has 1 unspecified atom stereocenters. The molecule has 0 bridgehead atoms. The minimum absolute atomic E-state index is 0.0337. The fraction of sp³-hybridized carbons (Fsp3) is 0.167. The van der Waals surface area contributed by atoms with Gasteiger partial charge in [-0.3, -0.25) is 4.79 Å². The monoisotopic (exact) mass is 347 g/mol. The molecule has 0 aromatic heterocycles. The van der Waals surface area contributed by atoms with Crippen molar-refractivity contribution in [3.63, 3.8) is 0 Å². The topological polar surface area (TPSA) is 38.3 Å². The summed E-state index contributed by atoms with van der Waals surface area (Å²) in [5.74, 6) is -0.0174. The fourth-order valence-electron chi connectivity index (χ4n) is 2.61. The van der Waals surface area contributed by atoms with Crippen LogP contribution in [0.4, 0.5) is 8.78 Å². The molecule has 124 valence electrons. The highest BCUT2D eigenvalue weighted by Gasteiger charge is 2.35. The van der Waals surface area contributed by atoms with Crippen LogP contribution in [-0.2, 0) is 4.79 Å². The molecule has 0 aliphatic carbocycles. The number of alkyl halides is 2. The molecule has 0 amide bonds. The third kappa shape index (κ3) is 3.28. The lowest BCUT2D eigenvalue weighted by atomic mass is 9.97. The van der Waals surface area contributed by atoms with Crippen LogP contribution in [0, 0.1) is 0 Å². The molecule has 2 aromatic rings. The average molecular weight is 347 g/mol. The molecule has 1 aliphatic heterocycles. The maximum atomic E-state index is 12.9. The number of benzene rings is 2. The smallest absolute Gasteiger partial charge is 0.387 e. The van der Waals surface area contributed by atoms with Crippen molar-refractivity contribution in [1.29, 1.82) is 0 Å². The average Bonchev–Trinajstić information content (AvgIpc) is 2.92. The number of halogens is 2. The first-order valence-corrected chi connectivity index (χ1v) is 8.21. The predicted octanol–water partition coefficient (Wildman–Crippen LogP) is 4.23. The molecule has 0 radical (unpaired) electrons. The van der Waals surface area contributed by atoms with E-state index < -0.39 is 6.61 Å². The SMILES string of the molecule is CNC1=C(c2cccc(OC(F)F)c2)C(=O)C(c2ccccc2)S1. The van der Waals surface area contributed by atoms with Crippen LogP contribution in [-0.4, -0.2) is 19.4 Å². The molecule has 6 heteroatoms. The molecule has 24 heavy (non-hydrogen) atoms. The van der Waals surface area contributed by atoms with E-state index in [1.165, 1.54) is 23.9 Å². The van der Waals surface area contributed by atoms with Crippen molar-refractivity contribution < 1.29 is 18.3 Å². The molecule has 3 nitrogen and oxygen atoms in total. The van der Waals surface area contributed by atoms with Crippen LogP contribution < -0.4 is 10.1 Å². The lowest BCUT2D eigenvalue weighted by molar-refractivity contribution is -0.113. The van der Waals surface area contributed by atoms with Crippen LogP contribution in [0.5, 0.6) is 5.75 Å². The molecular formula is C18H15F2NO2S. The van der Waals surface area contributed by atoms with E-state index in [9.17, 15) is 13.6 Å². The molecule has 1 heterocycles. The maximum absolute atomic E-state index is 12.9. The van der Waals surface area contributed by atoms with Crippen LogP contribution in [0.2, 0.25) is 0 Å². The Balaban J connectivity index is 1.95. The Morgan fingerprint density at radius 1 is 1.12 bits per heavy atom. The van der Waals surface area contributed by atoms with Gasteiger partial charge in [-0.15, -0.1) is 0 Å². The summed E-state index contributed by atoms with van der Waals surface area (Å²) in [4.78, 5) is 12.9. The molecule has 0 spiro atoms. The summed E-state index contributed by atoms with van der Waals surface area (Å²) in [6, 6.07) is 15.7. The summed E-state index contributed by atoms with van der Waals surface area (Å²) < 4.78 is 29.3. The first kappa shape index (κ1) is 16.5. The molecule has 0 saturated carbocycles. The zero-order chi connectivity index (χ0) is 17.1. The van der Waals surface area contributed by atoms with Crippen molar-refractivity contribution in [2.75, 3.05) is 7.05 Å². The van der Waals surface area contributed by atoms with Gasteiger partial charge in [0.15, 0.2) is 5.78 Å². The highest BCUT2D eigenvalue weighted by molar-refractivity contribution is 8.04. The quantitative estimate of drug-likeness (QED) is 0.878. The van der Waals surface area contributed by atoms with Gasteiger partial charge in [-0.1, -0.05) is 54.2 Å². The van der Waals surface area contributed by atoms with Crippen molar-refractivity contribution in [3.8, 4) is 5.75 Å². The summed E-state index contributed by atoms with van der Waals surface area (Å²) in [7, 11) is 1.74. The lowest BCUT2D eigenvalue weighted by Gasteiger charge is -2.09. The first-order valence-electron chi connectivity index (χ1n) is 7.33. The molecule has 1 atom stereocenters. The van der Waals surface area contributed by atoms with Crippen LogP contribution in [0.1, 0.15) is 16.4 Å². The Bertz CT molecular complexity index is 778. The normalized spacial score (nSPS) is 17.5. The summed E-state index contributed by atoms with van der Waals surface area (Å²) in [6.45, 7) is -2.90. The highest BCUT2D eigenvalue weighted by atomic mass is 32.2. The molecule has 0 fully saturated rings. The molecule has 2 aromatic carbocycles. The van der Waals surface area contributed by atoms with Gasteiger partial charge in [0, 0.05) is 7.05 Å². The van der Waals surface area contributed by atoms with E-state index in [1.54, 1.807) is 19.2 Å². The van der Waals surface area contributed by atoms with Crippen molar-refractivity contribution >= 4 is 23.1 Å². The minimum atomic E-state index is -2.90. The Labute approximate surface area is 142 Å². The van der Waals surface area contributed by atoms with E-state index in [-0.39, 0.29) is 16.8 Å². The maximum Gasteiger partial charge on any atom is 0.387 e. The summed E-state index contributed by atoms with van der Waals surface area (Å²) in [5.41, 5.74) is 1.97. The van der Waals surface area contributed by atoms with Crippen molar-refractivity contribution in [3.05, 3.63) is 70.8 Å². The highest BCUT2D eigenvalue weighted by Crippen LogP contribution is 2.47. The minimum Gasteiger partial charge on any atom is -0.435 e. The first-order chi connectivity index (χ1) is 11.6. The van der Waals surface area contributed by atoms with Crippen molar-refractivity contribution in [1.82, 2.24) is 5.32 Å². The molecule has 0 saturated heterocycles. The van der Waals surface area contributed by atoms with Crippen molar-refractivity contribution in [2.45, 2.75) is 11.9 Å². The summed E-state index contributed by atoms with van der Waals surface area (Å²) in [5, 5.41) is 3.42. The number of rotatable bonds is 5. The second kappa shape index (κ2) is 7.05. The van der Waals surface area contributed by atoms with E-state index in [0.29, 0.717) is 11.1 Å². The van der Waals surface area contributed by atoms with Gasteiger partial charge in [0.2, 0.25) is 0 Å². The number of thioether (sulfide) groups is 1. The van der Waals surface area contributed by atoms with Crippen LogP contribution in [0.25, 0.3) is 5.57 Å². The Hall–Kier alpha value is -2.34. The van der Waals surface area contributed by atoms with E-state index in [1.807, 2.05) is 30.3 Å².